The fraction of sp³-hybridized carbons (Fsp3) is 0.200. The normalized spacial score (nSPS) is 19.1. The molecule has 146 valence electrons. The second kappa shape index (κ2) is 6.40. The van der Waals surface area contributed by atoms with E-state index in [-0.39, 0.29) is 11.6 Å². The third kappa shape index (κ3) is 2.49. The van der Waals surface area contributed by atoms with Gasteiger partial charge in [-0.2, -0.15) is 5.10 Å². The molecule has 2 unspecified atom stereocenters. The van der Waals surface area contributed by atoms with Crippen LogP contribution in [0.15, 0.2) is 53.8 Å². The number of rotatable bonds is 3. The highest BCUT2D eigenvalue weighted by Gasteiger charge is 2.47. The average molecular weight is 408 g/mol. The van der Waals surface area contributed by atoms with Gasteiger partial charge in [0.1, 0.15) is 10.9 Å². The summed E-state index contributed by atoms with van der Waals surface area (Å²) in [5.74, 6) is 0. The van der Waals surface area contributed by atoms with Gasteiger partial charge >= 0.3 is 0 Å². The second-order valence-electron chi connectivity index (χ2n) is 7.13. The fourth-order valence-corrected chi connectivity index (χ4v) is 4.37. The molecule has 4 aromatic rings. The minimum atomic E-state index is -0.705. The first-order valence-corrected chi connectivity index (χ1v) is 9.56. The lowest BCUT2D eigenvalue weighted by atomic mass is 9.79. The van der Waals surface area contributed by atoms with E-state index in [0.29, 0.717) is 21.7 Å². The van der Waals surface area contributed by atoms with Crippen molar-refractivity contribution < 1.29 is 0 Å². The minimum absolute atomic E-state index is 0.203. The van der Waals surface area contributed by atoms with Crippen LogP contribution >= 0.6 is 11.6 Å². The van der Waals surface area contributed by atoms with Crippen molar-refractivity contribution in [2.75, 3.05) is 5.43 Å². The maximum Gasteiger partial charge on any atom is 0.262 e. The number of benzene rings is 1. The van der Waals surface area contributed by atoms with E-state index in [0.717, 1.165) is 16.8 Å². The average Bonchev–Trinajstić information content (AvgIpc) is 3.27. The number of fused-ring (bicyclic) bond motifs is 2. The lowest BCUT2D eigenvalue weighted by Crippen LogP contribution is -2.47. The highest BCUT2D eigenvalue weighted by atomic mass is 35.5. The van der Waals surface area contributed by atoms with E-state index in [1.54, 1.807) is 10.9 Å². The molecule has 0 spiro atoms. The summed E-state index contributed by atoms with van der Waals surface area (Å²) in [5, 5.41) is 5.80. The topological polar surface area (TPSA) is 101 Å². The molecule has 0 aliphatic carbocycles. The Labute approximate surface area is 170 Å². The van der Waals surface area contributed by atoms with E-state index < -0.39 is 5.54 Å². The number of aromatic nitrogens is 5. The van der Waals surface area contributed by atoms with Crippen molar-refractivity contribution >= 4 is 28.3 Å². The number of hydrogen-bond donors (Lipinski definition) is 3. The van der Waals surface area contributed by atoms with Crippen LogP contribution in [0.3, 0.4) is 0 Å². The molecule has 0 bridgehead atoms. The molecule has 1 aliphatic heterocycles. The number of pyridine rings is 1. The second-order valence-corrected chi connectivity index (χ2v) is 7.56. The summed E-state index contributed by atoms with van der Waals surface area (Å²) in [7, 11) is 0. The first-order chi connectivity index (χ1) is 14.0. The molecule has 5 rings (SSSR count). The van der Waals surface area contributed by atoms with Crippen LogP contribution in [-0.2, 0) is 5.54 Å². The van der Waals surface area contributed by atoms with Crippen molar-refractivity contribution in [1.82, 2.24) is 30.2 Å². The number of anilines is 1. The van der Waals surface area contributed by atoms with Gasteiger partial charge in [0.25, 0.3) is 5.56 Å². The molecule has 4 heterocycles. The molecule has 0 fully saturated rings. The van der Waals surface area contributed by atoms with Gasteiger partial charge in [-0.3, -0.25) is 9.78 Å². The first-order valence-electron chi connectivity index (χ1n) is 9.18. The summed E-state index contributed by atoms with van der Waals surface area (Å²) in [6, 6.07) is 9.39. The summed E-state index contributed by atoms with van der Waals surface area (Å²) in [5.41, 5.74) is 9.79. The molecule has 0 saturated carbocycles. The predicted molar refractivity (Wildman–Crippen MR) is 111 cm³/mol. The van der Waals surface area contributed by atoms with Crippen LogP contribution in [0.4, 0.5) is 5.69 Å². The fourth-order valence-electron chi connectivity index (χ4n) is 4.19. The van der Waals surface area contributed by atoms with Gasteiger partial charge in [0.05, 0.1) is 23.8 Å². The zero-order valence-electron chi connectivity index (χ0n) is 15.8. The molecule has 9 heteroatoms. The summed E-state index contributed by atoms with van der Waals surface area (Å²) in [4.78, 5) is 23.7. The molecule has 0 saturated heterocycles. The lowest BCUT2D eigenvalue weighted by molar-refractivity contribution is 0.292. The van der Waals surface area contributed by atoms with Crippen LogP contribution in [0.2, 0.25) is 5.02 Å². The number of nitrogens with zero attached hydrogens (tertiary/aromatic N) is 4. The Balaban J connectivity index is 1.79. The van der Waals surface area contributed by atoms with Crippen molar-refractivity contribution in [3.05, 3.63) is 81.3 Å². The highest BCUT2D eigenvalue weighted by Crippen LogP contribution is 2.46. The van der Waals surface area contributed by atoms with Gasteiger partial charge in [-0.1, -0.05) is 23.7 Å². The third-order valence-electron chi connectivity index (χ3n) is 5.58. The summed E-state index contributed by atoms with van der Waals surface area (Å²) in [6.07, 6.45) is 4.97. The van der Waals surface area contributed by atoms with Gasteiger partial charge in [0.2, 0.25) is 0 Å². The van der Waals surface area contributed by atoms with Crippen LogP contribution < -0.4 is 16.4 Å². The number of hydrogen-bond acceptors (Lipinski definition) is 6. The van der Waals surface area contributed by atoms with Crippen molar-refractivity contribution in [3.63, 3.8) is 0 Å². The number of H-pyrrole nitrogens is 1. The zero-order valence-corrected chi connectivity index (χ0v) is 16.5. The van der Waals surface area contributed by atoms with Crippen molar-refractivity contribution in [1.29, 1.82) is 0 Å². The van der Waals surface area contributed by atoms with Crippen LogP contribution in [0.1, 0.15) is 29.8 Å². The van der Waals surface area contributed by atoms with Gasteiger partial charge in [-0.25, -0.2) is 15.1 Å². The Hall–Kier alpha value is -3.23. The molecular weight excluding hydrogens is 390 g/mol. The lowest BCUT2D eigenvalue weighted by Gasteiger charge is -2.36. The number of aromatic amines is 1. The Morgan fingerprint density at radius 2 is 2.14 bits per heavy atom. The molecule has 2 atom stereocenters. The van der Waals surface area contributed by atoms with Crippen LogP contribution in [0, 0.1) is 6.92 Å². The van der Waals surface area contributed by atoms with Crippen molar-refractivity contribution in [2.24, 2.45) is 0 Å². The van der Waals surface area contributed by atoms with Crippen LogP contribution in [-0.4, -0.2) is 24.7 Å². The van der Waals surface area contributed by atoms with Gasteiger partial charge in [0, 0.05) is 23.0 Å². The molecule has 1 aliphatic rings. The first kappa shape index (κ1) is 17.8. The number of nitrogens with one attached hydrogen (secondary N) is 3. The quantitative estimate of drug-likeness (QED) is 0.482. The van der Waals surface area contributed by atoms with Gasteiger partial charge in [-0.15, -0.1) is 0 Å². The standard InChI is InChI=1S/C20H18ClN7O/c1-11-17-18(23-10-24-19(17)29)28(26-11)12(2)20(13-4-3-7-22-9-13)15-6-5-14(21)8-16(15)25-27-20/h3-10,12,25,27H,1-2H3,(H,23,24,29). The Morgan fingerprint density at radius 3 is 2.93 bits per heavy atom. The van der Waals surface area contributed by atoms with E-state index in [4.69, 9.17) is 11.6 Å². The van der Waals surface area contributed by atoms with Gasteiger partial charge in [0.15, 0.2) is 5.65 Å². The molecule has 3 N–H and O–H groups in total. The number of halogens is 1. The maximum atomic E-state index is 12.3. The van der Waals surface area contributed by atoms with E-state index in [1.165, 1.54) is 6.33 Å². The van der Waals surface area contributed by atoms with Gasteiger partial charge < -0.3 is 10.4 Å². The number of hydrazine groups is 1. The monoisotopic (exact) mass is 407 g/mol. The van der Waals surface area contributed by atoms with E-state index in [1.807, 2.05) is 50.4 Å². The molecule has 3 aromatic heterocycles. The molecule has 8 nitrogen and oxygen atoms in total. The van der Waals surface area contributed by atoms with E-state index in [9.17, 15) is 4.79 Å². The Bertz CT molecular complexity index is 1280. The SMILES string of the molecule is Cc1nn(C(C)C2(c3cccnc3)NNc3cc(Cl)ccc32)c2nc[nH]c(=O)c12. The minimum Gasteiger partial charge on any atom is -0.320 e. The molecule has 0 amide bonds. The number of aryl methyl sites for hydroxylation is 1. The molecule has 29 heavy (non-hydrogen) atoms. The van der Waals surface area contributed by atoms with Gasteiger partial charge in [-0.05, 0) is 37.6 Å². The molecule has 0 radical (unpaired) electrons. The summed E-state index contributed by atoms with van der Waals surface area (Å²) < 4.78 is 1.80. The van der Waals surface area contributed by atoms with Crippen LogP contribution in [0.25, 0.3) is 11.0 Å². The summed E-state index contributed by atoms with van der Waals surface area (Å²) in [6.45, 7) is 3.85. The summed E-state index contributed by atoms with van der Waals surface area (Å²) >= 11 is 6.21. The Kier molecular flexibility index (Phi) is 3.94. The smallest absolute Gasteiger partial charge is 0.262 e. The largest absolute Gasteiger partial charge is 0.320 e. The third-order valence-corrected chi connectivity index (χ3v) is 5.82. The van der Waals surface area contributed by atoms with Crippen LogP contribution in [0.5, 0.6) is 0 Å². The van der Waals surface area contributed by atoms with Crippen molar-refractivity contribution in [2.45, 2.75) is 25.4 Å². The molecule has 1 aromatic carbocycles. The molecular formula is C20H18ClN7O. The highest BCUT2D eigenvalue weighted by molar-refractivity contribution is 6.30. The maximum absolute atomic E-state index is 12.3. The van der Waals surface area contributed by atoms with E-state index in [2.05, 4.69) is 30.9 Å². The Morgan fingerprint density at radius 1 is 1.28 bits per heavy atom. The van der Waals surface area contributed by atoms with E-state index >= 15 is 0 Å². The van der Waals surface area contributed by atoms with Crippen molar-refractivity contribution in [3.8, 4) is 0 Å². The predicted octanol–water partition coefficient (Wildman–Crippen LogP) is 2.91. The zero-order chi connectivity index (χ0) is 20.2.